The average Bonchev–Trinajstić information content (AvgIpc) is 2.84. The summed E-state index contributed by atoms with van der Waals surface area (Å²) in [5.41, 5.74) is 1.00. The van der Waals surface area contributed by atoms with Crippen molar-refractivity contribution in [1.29, 1.82) is 0 Å². The molecule has 1 unspecified atom stereocenters. The molecule has 0 fully saturated rings. The Kier molecular flexibility index (Phi) is 4.47. The molecular weight excluding hydrogens is 384 g/mol. The highest BCUT2D eigenvalue weighted by molar-refractivity contribution is 9.10. The Bertz CT molecular complexity index is 835. The van der Waals surface area contributed by atoms with E-state index in [-0.39, 0.29) is 11.9 Å². The van der Waals surface area contributed by atoms with Crippen LogP contribution in [0, 0.1) is 0 Å². The summed E-state index contributed by atoms with van der Waals surface area (Å²) in [6.07, 6.45) is 3.42. The van der Waals surface area contributed by atoms with Crippen LogP contribution in [0.5, 0.6) is 0 Å². The molecule has 6 heteroatoms. The van der Waals surface area contributed by atoms with Gasteiger partial charge in [-0.2, -0.15) is 0 Å². The van der Waals surface area contributed by atoms with E-state index in [1.807, 2.05) is 37.3 Å². The molecule has 3 rings (SSSR count). The van der Waals surface area contributed by atoms with Gasteiger partial charge in [0.15, 0.2) is 0 Å². The lowest BCUT2D eigenvalue weighted by Gasteiger charge is -2.13. The van der Waals surface area contributed by atoms with Gasteiger partial charge in [-0.15, -0.1) is 11.3 Å². The van der Waals surface area contributed by atoms with Crippen LogP contribution in [-0.2, 0) is 0 Å². The number of nitrogens with one attached hydrogen (secondary N) is 1. The number of aromatic nitrogens is 1. The Morgan fingerprint density at radius 2 is 2.05 bits per heavy atom. The van der Waals surface area contributed by atoms with Crippen molar-refractivity contribution in [2.75, 3.05) is 0 Å². The van der Waals surface area contributed by atoms with E-state index in [4.69, 9.17) is 11.6 Å². The van der Waals surface area contributed by atoms with Gasteiger partial charge in [-0.3, -0.25) is 9.78 Å². The number of amides is 1. The smallest absolute Gasteiger partial charge is 0.263 e. The molecule has 1 N–H and O–H groups in total. The Labute approximate surface area is 145 Å². The summed E-state index contributed by atoms with van der Waals surface area (Å²) in [5.74, 6) is -0.161. The fourth-order valence-electron chi connectivity index (χ4n) is 2.18. The Hall–Kier alpha value is -1.43. The minimum absolute atomic E-state index is 0.108. The Morgan fingerprint density at radius 1 is 1.32 bits per heavy atom. The first-order valence-electron chi connectivity index (χ1n) is 6.64. The van der Waals surface area contributed by atoms with Crippen molar-refractivity contribution < 1.29 is 4.79 Å². The maximum Gasteiger partial charge on any atom is 0.263 e. The fraction of sp³-hybridized carbons (Fsp3) is 0.125. The van der Waals surface area contributed by atoms with Gasteiger partial charge in [0.2, 0.25) is 0 Å². The van der Waals surface area contributed by atoms with Crippen molar-refractivity contribution in [2.45, 2.75) is 13.0 Å². The van der Waals surface area contributed by atoms with Crippen molar-refractivity contribution in [3.8, 4) is 0 Å². The topological polar surface area (TPSA) is 42.0 Å². The number of carbonyl (C=O) groups is 1. The molecule has 0 spiro atoms. The SMILES string of the molecule is CC(NC(=O)c1sc2cc(Br)ccc2c1Cl)c1ccncc1. The van der Waals surface area contributed by atoms with Gasteiger partial charge in [0.1, 0.15) is 4.88 Å². The highest BCUT2D eigenvalue weighted by Gasteiger charge is 2.19. The molecular formula is C16H12BrClN2OS. The number of nitrogens with zero attached hydrogens (tertiary/aromatic N) is 1. The Morgan fingerprint density at radius 3 is 2.77 bits per heavy atom. The van der Waals surface area contributed by atoms with Crippen LogP contribution in [0.25, 0.3) is 10.1 Å². The first-order valence-corrected chi connectivity index (χ1v) is 8.63. The quantitative estimate of drug-likeness (QED) is 0.662. The largest absolute Gasteiger partial charge is 0.345 e. The number of fused-ring (bicyclic) bond motifs is 1. The lowest BCUT2D eigenvalue weighted by molar-refractivity contribution is 0.0944. The third kappa shape index (κ3) is 3.02. The zero-order valence-electron chi connectivity index (χ0n) is 11.6. The molecule has 0 saturated heterocycles. The van der Waals surface area contributed by atoms with Gasteiger partial charge in [0, 0.05) is 27.0 Å². The van der Waals surface area contributed by atoms with Crippen LogP contribution in [0.3, 0.4) is 0 Å². The summed E-state index contributed by atoms with van der Waals surface area (Å²) in [6.45, 7) is 1.94. The molecule has 22 heavy (non-hydrogen) atoms. The van der Waals surface area contributed by atoms with E-state index in [2.05, 4.69) is 26.2 Å². The first-order chi connectivity index (χ1) is 10.6. The van der Waals surface area contributed by atoms with E-state index in [0.29, 0.717) is 9.90 Å². The standard InChI is InChI=1S/C16H12BrClN2OS/c1-9(10-4-6-19-7-5-10)20-16(21)15-14(18)12-3-2-11(17)8-13(12)22-15/h2-9H,1H3,(H,20,21). The van der Waals surface area contributed by atoms with Crippen molar-refractivity contribution in [1.82, 2.24) is 10.3 Å². The van der Waals surface area contributed by atoms with Crippen molar-refractivity contribution in [3.63, 3.8) is 0 Å². The maximum atomic E-state index is 12.5. The van der Waals surface area contributed by atoms with E-state index >= 15 is 0 Å². The van der Waals surface area contributed by atoms with Gasteiger partial charge in [-0.1, -0.05) is 33.6 Å². The maximum absolute atomic E-state index is 12.5. The summed E-state index contributed by atoms with van der Waals surface area (Å²) in [5, 5.41) is 4.38. The minimum Gasteiger partial charge on any atom is -0.345 e. The van der Waals surface area contributed by atoms with Crippen molar-refractivity contribution >= 4 is 54.9 Å². The third-order valence-corrected chi connectivity index (χ3v) is 5.50. The molecule has 2 aromatic heterocycles. The third-order valence-electron chi connectivity index (χ3n) is 3.35. The monoisotopic (exact) mass is 394 g/mol. The normalized spacial score (nSPS) is 12.3. The molecule has 3 aromatic rings. The predicted octanol–water partition coefficient (Wildman–Crippen LogP) is 5.20. The molecule has 112 valence electrons. The molecule has 1 amide bonds. The summed E-state index contributed by atoms with van der Waals surface area (Å²) >= 11 is 11.2. The fourth-order valence-corrected chi connectivity index (χ4v) is 4.15. The lowest BCUT2D eigenvalue weighted by atomic mass is 10.1. The number of hydrogen-bond acceptors (Lipinski definition) is 3. The van der Waals surface area contributed by atoms with Crippen LogP contribution in [0.4, 0.5) is 0 Å². The molecule has 3 nitrogen and oxygen atoms in total. The van der Waals surface area contributed by atoms with E-state index < -0.39 is 0 Å². The number of thiophene rings is 1. The molecule has 0 radical (unpaired) electrons. The number of carbonyl (C=O) groups excluding carboxylic acids is 1. The van der Waals surface area contributed by atoms with E-state index in [1.165, 1.54) is 11.3 Å². The second-order valence-corrected chi connectivity index (χ2v) is 7.21. The van der Waals surface area contributed by atoms with Gasteiger partial charge < -0.3 is 5.32 Å². The number of hydrogen-bond donors (Lipinski definition) is 1. The van der Waals surface area contributed by atoms with Gasteiger partial charge >= 0.3 is 0 Å². The number of pyridine rings is 1. The summed E-state index contributed by atoms with van der Waals surface area (Å²) < 4.78 is 1.95. The molecule has 0 aliphatic heterocycles. The number of benzene rings is 1. The lowest BCUT2D eigenvalue weighted by Crippen LogP contribution is -2.26. The first kappa shape index (κ1) is 15.5. The highest BCUT2D eigenvalue weighted by Crippen LogP contribution is 2.36. The van der Waals surface area contributed by atoms with Crippen molar-refractivity contribution in [3.05, 3.63) is 62.7 Å². The van der Waals surface area contributed by atoms with Gasteiger partial charge in [0.25, 0.3) is 5.91 Å². The second-order valence-electron chi connectivity index (χ2n) is 4.86. The molecule has 1 aromatic carbocycles. The minimum atomic E-state index is -0.161. The van der Waals surface area contributed by atoms with Crippen LogP contribution >= 0.6 is 38.9 Å². The molecule has 1 atom stereocenters. The molecule has 0 aliphatic rings. The van der Waals surface area contributed by atoms with Crippen molar-refractivity contribution in [2.24, 2.45) is 0 Å². The summed E-state index contributed by atoms with van der Waals surface area (Å²) in [6, 6.07) is 9.46. The molecule has 0 saturated carbocycles. The predicted molar refractivity (Wildman–Crippen MR) is 94.7 cm³/mol. The zero-order valence-corrected chi connectivity index (χ0v) is 14.8. The van der Waals surface area contributed by atoms with E-state index in [9.17, 15) is 4.79 Å². The summed E-state index contributed by atoms with van der Waals surface area (Å²) in [7, 11) is 0. The van der Waals surface area contributed by atoms with E-state index in [0.717, 1.165) is 20.1 Å². The molecule has 0 aliphatic carbocycles. The van der Waals surface area contributed by atoms with Crippen LogP contribution in [-0.4, -0.2) is 10.9 Å². The average molecular weight is 396 g/mol. The van der Waals surface area contributed by atoms with Crippen LogP contribution in [0.1, 0.15) is 28.2 Å². The molecule has 0 bridgehead atoms. The second kappa shape index (κ2) is 6.36. The zero-order chi connectivity index (χ0) is 15.7. The van der Waals surface area contributed by atoms with Crippen LogP contribution in [0.2, 0.25) is 5.02 Å². The molecule has 2 heterocycles. The summed E-state index contributed by atoms with van der Waals surface area (Å²) in [4.78, 5) is 17.0. The number of halogens is 2. The van der Waals surface area contributed by atoms with Crippen LogP contribution in [0.15, 0.2) is 47.2 Å². The highest BCUT2D eigenvalue weighted by atomic mass is 79.9. The van der Waals surface area contributed by atoms with E-state index in [1.54, 1.807) is 12.4 Å². The van der Waals surface area contributed by atoms with Gasteiger partial charge in [0.05, 0.1) is 11.1 Å². The number of rotatable bonds is 3. The van der Waals surface area contributed by atoms with Crippen LogP contribution < -0.4 is 5.32 Å². The van der Waals surface area contributed by atoms with Gasteiger partial charge in [-0.05, 0) is 36.8 Å². The van der Waals surface area contributed by atoms with Gasteiger partial charge in [-0.25, -0.2) is 0 Å². The Balaban J connectivity index is 1.88.